The van der Waals surface area contributed by atoms with E-state index in [1.165, 1.54) is 23.4 Å². The highest BCUT2D eigenvalue weighted by Gasteiger charge is 2.37. The van der Waals surface area contributed by atoms with Gasteiger partial charge >= 0.3 is 0 Å². The van der Waals surface area contributed by atoms with E-state index < -0.39 is 12.1 Å². The first-order valence-corrected chi connectivity index (χ1v) is 27.2. The Morgan fingerprint density at radius 2 is 1.32 bits per heavy atom. The van der Waals surface area contributed by atoms with Crippen molar-refractivity contribution in [2.75, 3.05) is 115 Å². The number of nitrogens with one attached hydrogen (secondary N) is 4. The standard InChI is InChI=1S/C35H49N7O3S.C16H21N3O3.C2H7N.C2H6/c1-37-34(44)33(6-3-21-43)42-25-27-22-30(7-8-32(27)35(42)45)40-19-17-38(18-20-40)24-26-9-13-39(14-10-26)29-4-2-5-31(23-29)46-41-15-11-28(36)12-16-41;1-17-6-7-18-13-4-5-15-12(9-13)10-19(16(15)22)14(11-21)3-2-8-20;1-3-2;1-2/h2,4-5,7-8,21-23,26,28,33H,3,6,9-20,24-25,36H2,1H3,(H,37,44);4-5,8-9,11,14,17-18H,2-3,6-7,10H2,1H3;3H,1-2H3;1-2H3. The van der Waals surface area contributed by atoms with Crippen LogP contribution in [-0.2, 0) is 32.3 Å². The topological polar surface area (TPSA) is 196 Å². The Bertz CT molecular complexity index is 2230. The summed E-state index contributed by atoms with van der Waals surface area (Å²) >= 11 is 1.88. The molecular formula is C55H83N11O6S. The summed E-state index contributed by atoms with van der Waals surface area (Å²) in [6.07, 6.45) is 8.16. The van der Waals surface area contributed by atoms with Gasteiger partial charge in [-0.1, -0.05) is 19.9 Å². The van der Waals surface area contributed by atoms with Crippen LogP contribution in [0.4, 0.5) is 17.1 Å². The van der Waals surface area contributed by atoms with Crippen LogP contribution in [0.1, 0.15) is 97.1 Å². The summed E-state index contributed by atoms with van der Waals surface area (Å²) in [5, 5.41) is 11.7. The van der Waals surface area contributed by atoms with E-state index in [0.29, 0.717) is 43.1 Å². The number of nitrogens with two attached hydrogens (primary N) is 1. The Morgan fingerprint density at radius 3 is 1.96 bits per heavy atom. The molecule has 0 radical (unpaired) electrons. The summed E-state index contributed by atoms with van der Waals surface area (Å²) in [6.45, 7) is 15.9. The third kappa shape index (κ3) is 16.6. The Morgan fingerprint density at radius 1 is 0.712 bits per heavy atom. The molecule has 8 rings (SSSR count). The highest BCUT2D eigenvalue weighted by molar-refractivity contribution is 7.97. The number of benzene rings is 3. The summed E-state index contributed by atoms with van der Waals surface area (Å²) in [4.78, 5) is 82.8. The van der Waals surface area contributed by atoms with Gasteiger partial charge in [0, 0.05) is 144 Å². The zero-order chi connectivity index (χ0) is 52.7. The van der Waals surface area contributed by atoms with Crippen LogP contribution < -0.4 is 36.8 Å². The normalized spacial score (nSPS) is 18.0. The number of aldehydes is 3. The molecule has 5 heterocycles. The fraction of sp³-hybridized carbons (Fsp3) is 0.564. The van der Waals surface area contributed by atoms with Crippen molar-refractivity contribution in [3.05, 3.63) is 82.9 Å². The van der Waals surface area contributed by atoms with Crippen LogP contribution >= 0.6 is 11.9 Å². The third-order valence-corrected chi connectivity index (χ3v) is 15.1. The number of hydrogen-bond acceptors (Lipinski definition) is 15. The lowest BCUT2D eigenvalue weighted by molar-refractivity contribution is -0.125. The molecule has 3 aromatic carbocycles. The molecule has 0 bridgehead atoms. The van der Waals surface area contributed by atoms with Crippen molar-refractivity contribution in [1.29, 1.82) is 0 Å². The Hall–Kier alpha value is -5.37. The number of carbonyl (C=O) groups excluding carboxylic acids is 6. The molecule has 6 N–H and O–H groups in total. The molecule has 0 aromatic heterocycles. The first-order valence-electron chi connectivity index (χ1n) is 26.4. The molecule has 2 unspecified atom stereocenters. The SMILES string of the molecule is CC.CNC.CNC(=O)C(CCC=O)N1Cc2cc(N3CCN(CC4CCN(c5cccc(SN6CCC(N)CC6)c5)CC4)CC3)ccc2C1=O.CNCCNc1ccc2c(c1)CN(C(C=O)CCC=O)C2=O. The van der Waals surface area contributed by atoms with Crippen molar-refractivity contribution < 1.29 is 28.8 Å². The largest absolute Gasteiger partial charge is 0.384 e. The van der Waals surface area contributed by atoms with Gasteiger partial charge in [-0.05, 0) is 143 Å². The molecule has 3 amide bonds. The Kier molecular flexibility index (Phi) is 24.6. The number of amides is 3. The summed E-state index contributed by atoms with van der Waals surface area (Å²) in [7, 11) is 7.21. The van der Waals surface area contributed by atoms with E-state index in [1.807, 2.05) is 71.2 Å². The molecule has 17 nitrogen and oxygen atoms in total. The Balaban J connectivity index is 0.000000306. The molecule has 3 fully saturated rings. The number of fused-ring (bicyclic) bond motifs is 2. The summed E-state index contributed by atoms with van der Waals surface area (Å²) in [6, 6.07) is 19.9. The minimum atomic E-state index is -0.636. The zero-order valence-electron chi connectivity index (χ0n) is 44.3. The number of nitrogens with zero attached hydrogens (tertiary/aromatic N) is 6. The van der Waals surface area contributed by atoms with E-state index in [1.54, 1.807) is 22.9 Å². The smallest absolute Gasteiger partial charge is 0.255 e. The van der Waals surface area contributed by atoms with Gasteiger partial charge in [0.15, 0.2) is 0 Å². The average molecular weight is 1030 g/mol. The van der Waals surface area contributed by atoms with Crippen molar-refractivity contribution in [2.45, 2.75) is 101 Å². The van der Waals surface area contributed by atoms with Gasteiger partial charge in [-0.25, -0.2) is 4.31 Å². The fourth-order valence-electron chi connectivity index (χ4n) is 9.97. The van der Waals surface area contributed by atoms with Crippen LogP contribution in [0.3, 0.4) is 0 Å². The monoisotopic (exact) mass is 1030 g/mol. The highest BCUT2D eigenvalue weighted by atomic mass is 32.2. The van der Waals surface area contributed by atoms with Gasteiger partial charge in [0.05, 0.1) is 6.04 Å². The van der Waals surface area contributed by atoms with Crippen LogP contribution in [0.2, 0.25) is 0 Å². The molecule has 3 aromatic rings. The lowest BCUT2D eigenvalue weighted by atomic mass is 9.95. The van der Waals surface area contributed by atoms with Gasteiger partial charge in [0.2, 0.25) is 5.91 Å². The van der Waals surface area contributed by atoms with Crippen LogP contribution in [0.5, 0.6) is 0 Å². The highest BCUT2D eigenvalue weighted by Crippen LogP contribution is 2.33. The average Bonchev–Trinajstić information content (AvgIpc) is 3.92. The van der Waals surface area contributed by atoms with E-state index in [4.69, 9.17) is 5.73 Å². The predicted octanol–water partition coefficient (Wildman–Crippen LogP) is 4.89. The molecule has 73 heavy (non-hydrogen) atoms. The summed E-state index contributed by atoms with van der Waals surface area (Å²) in [5.41, 5.74) is 12.7. The maximum absolute atomic E-state index is 13.2. The Labute approximate surface area is 438 Å². The molecule has 5 aliphatic rings. The quantitative estimate of drug-likeness (QED) is 0.0583. The van der Waals surface area contributed by atoms with Gasteiger partial charge in [-0.15, -0.1) is 0 Å². The van der Waals surface area contributed by atoms with Crippen LogP contribution in [0.15, 0.2) is 65.6 Å². The summed E-state index contributed by atoms with van der Waals surface area (Å²) < 4.78 is 2.46. The van der Waals surface area contributed by atoms with Gasteiger partial charge in [-0.3, -0.25) is 19.3 Å². The third-order valence-electron chi connectivity index (χ3n) is 14.0. The predicted molar refractivity (Wildman–Crippen MR) is 294 cm³/mol. The zero-order valence-corrected chi connectivity index (χ0v) is 45.1. The van der Waals surface area contributed by atoms with Crippen molar-refractivity contribution in [2.24, 2.45) is 11.7 Å². The van der Waals surface area contributed by atoms with Gasteiger partial charge in [0.25, 0.3) is 11.8 Å². The van der Waals surface area contributed by atoms with E-state index in [0.717, 1.165) is 132 Å². The lowest BCUT2D eigenvalue weighted by Gasteiger charge is -2.40. The van der Waals surface area contributed by atoms with Crippen molar-refractivity contribution in [3.8, 4) is 0 Å². The minimum Gasteiger partial charge on any atom is -0.384 e. The van der Waals surface area contributed by atoms with Crippen LogP contribution in [-0.4, -0.2) is 174 Å². The summed E-state index contributed by atoms with van der Waals surface area (Å²) in [5.74, 6) is 0.224. The van der Waals surface area contributed by atoms with Gasteiger partial charge < -0.3 is 61.0 Å². The van der Waals surface area contributed by atoms with Crippen molar-refractivity contribution >= 4 is 65.6 Å². The number of carbonyl (C=O) groups is 6. The molecule has 0 saturated carbocycles. The molecule has 5 aliphatic heterocycles. The molecule has 3 saturated heterocycles. The first-order chi connectivity index (χ1) is 35.5. The van der Waals surface area contributed by atoms with E-state index in [2.05, 4.69) is 70.6 Å². The molecule has 400 valence electrons. The number of anilines is 3. The maximum Gasteiger partial charge on any atom is 0.255 e. The number of piperidine rings is 2. The van der Waals surface area contributed by atoms with Crippen molar-refractivity contribution in [3.63, 3.8) is 0 Å². The van der Waals surface area contributed by atoms with Crippen LogP contribution in [0, 0.1) is 5.92 Å². The van der Waals surface area contributed by atoms with Crippen LogP contribution in [0.25, 0.3) is 0 Å². The molecular weight excluding hydrogens is 943 g/mol. The molecule has 0 spiro atoms. The van der Waals surface area contributed by atoms with Crippen molar-refractivity contribution in [1.82, 2.24) is 35.0 Å². The van der Waals surface area contributed by atoms with E-state index in [9.17, 15) is 28.8 Å². The number of rotatable bonds is 20. The van der Waals surface area contributed by atoms with Gasteiger partial charge in [-0.2, -0.15) is 0 Å². The van der Waals surface area contributed by atoms with E-state index >= 15 is 0 Å². The fourth-order valence-corrected chi connectivity index (χ4v) is 11.0. The minimum absolute atomic E-state index is 0.133. The first kappa shape index (κ1) is 58.5. The number of piperazine rings is 1. The molecule has 18 heteroatoms. The molecule has 2 atom stereocenters. The number of hydrogen-bond donors (Lipinski definition) is 5. The maximum atomic E-state index is 13.2. The van der Waals surface area contributed by atoms with E-state index in [-0.39, 0.29) is 30.6 Å². The van der Waals surface area contributed by atoms with Gasteiger partial charge in [0.1, 0.15) is 24.9 Å². The second-order valence-electron chi connectivity index (χ2n) is 19.0. The number of likely N-dealkylation sites (N-methyl/N-ethyl adjacent to an activating group) is 2. The second-order valence-corrected chi connectivity index (χ2v) is 20.2. The second kappa shape index (κ2) is 30.7. The molecule has 0 aliphatic carbocycles. The lowest BCUT2D eigenvalue weighted by Crippen LogP contribution is -2.49.